The number of rotatable bonds is 4. The minimum absolute atomic E-state index is 0.481. The molecule has 3 nitrogen and oxygen atoms in total. The van der Waals surface area contributed by atoms with Crippen LogP contribution in [0.2, 0.25) is 0 Å². The van der Waals surface area contributed by atoms with Crippen LogP contribution in [0.1, 0.15) is 10.4 Å². The van der Waals surface area contributed by atoms with Gasteiger partial charge < -0.3 is 5.32 Å². The molecule has 0 spiro atoms. The summed E-state index contributed by atoms with van der Waals surface area (Å²) >= 11 is 6.37. The van der Waals surface area contributed by atoms with Gasteiger partial charge in [0.05, 0.1) is 5.57 Å². The molecule has 0 aliphatic carbocycles. The van der Waals surface area contributed by atoms with Gasteiger partial charge in [-0.05, 0) is 18.2 Å². The van der Waals surface area contributed by atoms with E-state index in [4.69, 9.17) is 5.26 Å². The Morgan fingerprint density at radius 2 is 2.10 bits per heavy atom. The maximum Gasteiger partial charge on any atom is 0.150 e. The first-order valence-corrected chi connectivity index (χ1v) is 7.07. The molecule has 0 aromatic heterocycles. The first kappa shape index (κ1) is 18.4. The van der Waals surface area contributed by atoms with Crippen LogP contribution in [-0.2, 0) is 0 Å². The van der Waals surface area contributed by atoms with Crippen LogP contribution >= 0.6 is 31.9 Å². The summed E-state index contributed by atoms with van der Waals surface area (Å²) in [7, 11) is 1.71. The Bertz CT molecular complexity index is 571. The van der Waals surface area contributed by atoms with Crippen LogP contribution in [0.5, 0.6) is 0 Å². The molecule has 1 N–H and O–H groups in total. The molecular weight excluding hydrogens is 384 g/mol. The largest absolute Gasteiger partial charge is 0.388 e. The standard InChI is InChI=1S/C8H9BrN2.C7H5BrO/c1-6(9)4-8(5-10)7(2)11-3;8-7-3-1-2-6(4-7)5-9/h4,11H,1-2H2,3H3;1-5H/b8-4-;. The van der Waals surface area contributed by atoms with Crippen molar-refractivity contribution in [1.29, 1.82) is 5.26 Å². The number of carbonyl (C=O) groups is 1. The van der Waals surface area contributed by atoms with E-state index in [9.17, 15) is 4.79 Å². The van der Waals surface area contributed by atoms with E-state index in [0.717, 1.165) is 10.8 Å². The lowest BCUT2D eigenvalue weighted by molar-refractivity contribution is 0.112. The second-order valence-corrected chi connectivity index (χ2v) is 5.45. The molecule has 5 heteroatoms. The number of halogens is 2. The summed E-state index contributed by atoms with van der Waals surface area (Å²) in [6.45, 7) is 7.21. The molecule has 0 fully saturated rings. The van der Waals surface area contributed by atoms with Crippen LogP contribution in [0.3, 0.4) is 0 Å². The number of nitriles is 1. The minimum Gasteiger partial charge on any atom is -0.388 e. The molecule has 1 aromatic rings. The van der Waals surface area contributed by atoms with Gasteiger partial charge >= 0.3 is 0 Å². The molecule has 1 aromatic carbocycles. The van der Waals surface area contributed by atoms with Crippen molar-refractivity contribution in [3.8, 4) is 6.07 Å². The number of allylic oxidation sites excluding steroid dienone is 3. The van der Waals surface area contributed by atoms with Crippen molar-refractivity contribution in [2.45, 2.75) is 0 Å². The highest BCUT2D eigenvalue weighted by atomic mass is 79.9. The highest BCUT2D eigenvalue weighted by molar-refractivity contribution is 9.11. The second kappa shape index (κ2) is 10.2. The average molecular weight is 398 g/mol. The summed E-state index contributed by atoms with van der Waals surface area (Å²) < 4.78 is 1.59. The van der Waals surface area contributed by atoms with E-state index < -0.39 is 0 Å². The highest BCUT2D eigenvalue weighted by Gasteiger charge is 1.97. The van der Waals surface area contributed by atoms with Crippen molar-refractivity contribution in [1.82, 2.24) is 5.32 Å². The van der Waals surface area contributed by atoms with Gasteiger partial charge in [-0.25, -0.2) is 0 Å². The number of nitrogens with zero attached hydrogens (tertiary/aromatic N) is 1. The monoisotopic (exact) mass is 396 g/mol. The van der Waals surface area contributed by atoms with E-state index in [-0.39, 0.29) is 0 Å². The summed E-state index contributed by atoms with van der Waals surface area (Å²) in [5.41, 5.74) is 1.77. The molecule has 0 aliphatic heterocycles. The van der Waals surface area contributed by atoms with Crippen LogP contribution in [0.25, 0.3) is 0 Å². The summed E-state index contributed by atoms with van der Waals surface area (Å²) in [6, 6.07) is 9.23. The minimum atomic E-state index is 0.481. The van der Waals surface area contributed by atoms with E-state index in [0.29, 0.717) is 21.3 Å². The molecule has 0 saturated carbocycles. The number of likely N-dealkylation sites (N-methyl/N-ethyl adjacent to an activating group) is 1. The zero-order chi connectivity index (χ0) is 15.5. The normalized spacial score (nSPS) is 9.60. The van der Waals surface area contributed by atoms with Crippen molar-refractivity contribution >= 4 is 38.1 Å². The Hall–Kier alpha value is -1.64. The number of hydrogen-bond acceptors (Lipinski definition) is 3. The van der Waals surface area contributed by atoms with Crippen molar-refractivity contribution in [3.63, 3.8) is 0 Å². The quantitative estimate of drug-likeness (QED) is 0.467. The third kappa shape index (κ3) is 7.72. The van der Waals surface area contributed by atoms with Gasteiger partial charge in [-0.15, -0.1) is 0 Å². The number of hydrogen-bond donors (Lipinski definition) is 1. The van der Waals surface area contributed by atoms with Gasteiger partial charge in [0.2, 0.25) is 0 Å². The van der Waals surface area contributed by atoms with E-state index in [1.165, 1.54) is 0 Å². The summed E-state index contributed by atoms with van der Waals surface area (Å²) in [6.07, 6.45) is 2.43. The Morgan fingerprint density at radius 3 is 2.45 bits per heavy atom. The van der Waals surface area contributed by atoms with Crippen molar-refractivity contribution in [3.05, 3.63) is 69.3 Å². The maximum atomic E-state index is 10.1. The Balaban J connectivity index is 0.000000367. The first-order valence-electron chi connectivity index (χ1n) is 5.48. The summed E-state index contributed by atoms with van der Waals surface area (Å²) in [5, 5.41) is 11.4. The maximum absolute atomic E-state index is 10.1. The SMILES string of the molecule is C=C(Br)/C=C(/C#N)C(=C)NC.O=Cc1cccc(Br)c1. The molecule has 20 heavy (non-hydrogen) atoms. The molecule has 0 bridgehead atoms. The van der Waals surface area contributed by atoms with E-state index in [2.05, 4.69) is 50.3 Å². The van der Waals surface area contributed by atoms with Crippen LogP contribution in [0, 0.1) is 11.3 Å². The Kier molecular flexibility index (Phi) is 9.35. The lowest BCUT2D eigenvalue weighted by Gasteiger charge is -2.00. The molecule has 0 heterocycles. The first-order chi connectivity index (χ1) is 9.44. The Labute approximate surface area is 135 Å². The predicted octanol–water partition coefficient (Wildman–Crippen LogP) is 4.34. The predicted molar refractivity (Wildman–Crippen MR) is 89.5 cm³/mol. The van der Waals surface area contributed by atoms with Crippen LogP contribution in [0.4, 0.5) is 0 Å². The zero-order valence-electron chi connectivity index (χ0n) is 11.0. The molecule has 0 atom stereocenters. The Morgan fingerprint density at radius 1 is 1.45 bits per heavy atom. The third-order valence-corrected chi connectivity index (χ3v) is 2.76. The molecule has 0 radical (unpaired) electrons. The van der Waals surface area contributed by atoms with E-state index in [1.54, 1.807) is 25.3 Å². The fraction of sp³-hybridized carbons (Fsp3) is 0.0667. The number of carbonyl (C=O) groups excluding carboxylic acids is 1. The third-order valence-electron chi connectivity index (χ3n) is 2.03. The van der Waals surface area contributed by atoms with Gasteiger partial charge in [0.15, 0.2) is 0 Å². The van der Waals surface area contributed by atoms with Gasteiger partial charge in [0.25, 0.3) is 0 Å². The van der Waals surface area contributed by atoms with Gasteiger partial charge in [-0.3, -0.25) is 4.79 Å². The molecule has 0 unspecified atom stereocenters. The van der Waals surface area contributed by atoms with Crippen LogP contribution in [0.15, 0.2) is 63.7 Å². The lowest BCUT2D eigenvalue weighted by atomic mass is 10.2. The average Bonchev–Trinajstić information content (AvgIpc) is 2.44. The molecule has 0 saturated heterocycles. The fourth-order valence-electron chi connectivity index (χ4n) is 1.06. The van der Waals surface area contributed by atoms with Gasteiger partial charge in [-0.1, -0.05) is 57.2 Å². The summed E-state index contributed by atoms with van der Waals surface area (Å²) in [4.78, 5) is 10.1. The van der Waals surface area contributed by atoms with E-state index in [1.807, 2.05) is 18.2 Å². The van der Waals surface area contributed by atoms with Crippen LogP contribution in [-0.4, -0.2) is 13.3 Å². The highest BCUT2D eigenvalue weighted by Crippen LogP contribution is 2.10. The van der Waals surface area contributed by atoms with Crippen LogP contribution < -0.4 is 5.32 Å². The summed E-state index contributed by atoms with van der Waals surface area (Å²) in [5.74, 6) is 0. The molecule has 1 rings (SSSR count). The number of aldehydes is 1. The molecule has 0 amide bonds. The second-order valence-electron chi connectivity index (χ2n) is 3.52. The topological polar surface area (TPSA) is 52.9 Å². The number of benzene rings is 1. The zero-order valence-corrected chi connectivity index (χ0v) is 14.2. The fourth-order valence-corrected chi connectivity index (χ4v) is 1.70. The van der Waals surface area contributed by atoms with E-state index >= 15 is 0 Å². The molecule has 0 aliphatic rings. The van der Waals surface area contributed by atoms with Crippen molar-refractivity contribution in [2.75, 3.05) is 7.05 Å². The van der Waals surface area contributed by atoms with Gasteiger partial charge in [-0.2, -0.15) is 5.26 Å². The van der Waals surface area contributed by atoms with Crippen molar-refractivity contribution in [2.24, 2.45) is 0 Å². The van der Waals surface area contributed by atoms with Crippen molar-refractivity contribution < 1.29 is 4.79 Å². The smallest absolute Gasteiger partial charge is 0.150 e. The molecular formula is C15H14Br2N2O. The number of nitrogens with one attached hydrogen (secondary N) is 1. The van der Waals surface area contributed by atoms with Gasteiger partial charge in [0, 0.05) is 27.3 Å². The molecule has 104 valence electrons. The lowest BCUT2D eigenvalue weighted by Crippen LogP contribution is -2.05. The van der Waals surface area contributed by atoms with Gasteiger partial charge in [0.1, 0.15) is 12.4 Å².